The molecule has 3 aromatic rings. The summed E-state index contributed by atoms with van der Waals surface area (Å²) in [6, 6.07) is 12.1. The van der Waals surface area contributed by atoms with Gasteiger partial charge in [0, 0.05) is 0 Å². The van der Waals surface area contributed by atoms with Crippen LogP contribution in [0.1, 0.15) is 0 Å². The highest BCUT2D eigenvalue weighted by Gasteiger charge is 2.33. The molecule has 0 saturated heterocycles. The minimum absolute atomic E-state index is 0.125. The average Bonchev–Trinajstić information content (AvgIpc) is 3.12. The standard InChI is InChI=1S/C20H20FN3O3S/c1-23(2)10-11-24(20-22-18-13(21)6-5-9-17(18)28-20)19(25)16-12-26-14-7-3-4-8-15(14)27-16/h3-9,16H,10-12H2,1-2H3/p+1/t16-/m0/s1. The molecule has 6 nitrogen and oxygen atoms in total. The Morgan fingerprint density at radius 2 is 2.04 bits per heavy atom. The molecule has 1 aliphatic heterocycles. The lowest BCUT2D eigenvalue weighted by Gasteiger charge is -2.29. The molecule has 146 valence electrons. The number of benzene rings is 2. The van der Waals surface area contributed by atoms with Gasteiger partial charge in [0.2, 0.25) is 6.10 Å². The van der Waals surface area contributed by atoms with Crippen molar-refractivity contribution in [3.8, 4) is 11.5 Å². The molecule has 4 rings (SSSR count). The van der Waals surface area contributed by atoms with Crippen molar-refractivity contribution >= 4 is 32.6 Å². The summed E-state index contributed by atoms with van der Waals surface area (Å²) in [5, 5.41) is 0.466. The first-order valence-electron chi connectivity index (χ1n) is 9.07. The number of rotatable bonds is 5. The molecule has 0 unspecified atom stereocenters. The zero-order valence-electron chi connectivity index (χ0n) is 15.6. The Hall–Kier alpha value is -2.71. The number of nitrogens with one attached hydrogen (secondary N) is 1. The number of thiazole rings is 1. The summed E-state index contributed by atoms with van der Waals surface area (Å²) in [5.74, 6) is 0.533. The fourth-order valence-corrected chi connectivity index (χ4v) is 3.98. The molecule has 1 amide bonds. The lowest BCUT2D eigenvalue weighted by atomic mass is 10.2. The third-order valence-corrected chi connectivity index (χ3v) is 5.52. The predicted molar refractivity (Wildman–Crippen MR) is 106 cm³/mol. The summed E-state index contributed by atoms with van der Waals surface area (Å²) in [4.78, 5) is 20.4. The molecule has 1 N–H and O–H groups in total. The maximum Gasteiger partial charge on any atom is 0.273 e. The first-order valence-corrected chi connectivity index (χ1v) is 9.88. The predicted octanol–water partition coefficient (Wildman–Crippen LogP) is 1.75. The summed E-state index contributed by atoms with van der Waals surface area (Å²) < 4.78 is 26.4. The number of anilines is 1. The SMILES string of the molecule is C[NH+](C)CCN(C(=O)[C@@H]1COc2ccccc2O1)c1nc2c(F)cccc2s1. The van der Waals surface area contributed by atoms with E-state index in [4.69, 9.17) is 9.47 Å². The van der Waals surface area contributed by atoms with E-state index in [-0.39, 0.29) is 18.0 Å². The number of hydrogen-bond acceptors (Lipinski definition) is 5. The van der Waals surface area contributed by atoms with Crippen LogP contribution in [0.4, 0.5) is 9.52 Å². The molecule has 2 aromatic carbocycles. The first kappa shape index (κ1) is 18.6. The van der Waals surface area contributed by atoms with Crippen LogP contribution in [-0.4, -0.2) is 50.8 Å². The largest absolute Gasteiger partial charge is 0.485 e. The number of aromatic nitrogens is 1. The van der Waals surface area contributed by atoms with Crippen molar-refractivity contribution in [2.75, 3.05) is 38.7 Å². The number of hydrogen-bond donors (Lipinski definition) is 1. The smallest absolute Gasteiger partial charge is 0.273 e. The van der Waals surface area contributed by atoms with Gasteiger partial charge in [0.15, 0.2) is 16.6 Å². The van der Waals surface area contributed by atoms with Crippen molar-refractivity contribution in [3.05, 3.63) is 48.3 Å². The molecular formula is C20H21FN3O3S+. The van der Waals surface area contributed by atoms with Crippen molar-refractivity contribution in [3.63, 3.8) is 0 Å². The van der Waals surface area contributed by atoms with E-state index in [1.165, 1.54) is 22.3 Å². The fraction of sp³-hybridized carbons (Fsp3) is 0.300. The van der Waals surface area contributed by atoms with Gasteiger partial charge < -0.3 is 14.4 Å². The highest BCUT2D eigenvalue weighted by molar-refractivity contribution is 7.22. The van der Waals surface area contributed by atoms with Crippen LogP contribution in [0.3, 0.4) is 0 Å². The van der Waals surface area contributed by atoms with Gasteiger partial charge in [-0.15, -0.1) is 0 Å². The number of ether oxygens (including phenoxy) is 2. The minimum Gasteiger partial charge on any atom is -0.485 e. The second-order valence-electron chi connectivity index (χ2n) is 6.89. The van der Waals surface area contributed by atoms with Gasteiger partial charge in [0.25, 0.3) is 5.91 Å². The number of halogens is 1. The quantitative estimate of drug-likeness (QED) is 0.707. The lowest BCUT2D eigenvalue weighted by molar-refractivity contribution is -0.856. The summed E-state index contributed by atoms with van der Waals surface area (Å²) in [6.07, 6.45) is -0.774. The van der Waals surface area contributed by atoms with Crippen LogP contribution in [0.25, 0.3) is 10.2 Å². The van der Waals surface area contributed by atoms with Gasteiger partial charge in [0.1, 0.15) is 17.9 Å². The fourth-order valence-electron chi connectivity index (χ4n) is 2.97. The Morgan fingerprint density at radius 3 is 2.79 bits per heavy atom. The van der Waals surface area contributed by atoms with E-state index < -0.39 is 11.9 Å². The van der Waals surface area contributed by atoms with E-state index in [1.807, 2.05) is 26.2 Å². The van der Waals surface area contributed by atoms with E-state index in [9.17, 15) is 9.18 Å². The van der Waals surface area contributed by atoms with E-state index in [2.05, 4.69) is 4.98 Å². The van der Waals surface area contributed by atoms with Gasteiger partial charge >= 0.3 is 0 Å². The molecule has 0 aliphatic carbocycles. The Morgan fingerprint density at radius 1 is 1.25 bits per heavy atom. The van der Waals surface area contributed by atoms with Gasteiger partial charge in [-0.1, -0.05) is 29.5 Å². The van der Waals surface area contributed by atoms with Gasteiger partial charge in [-0.25, -0.2) is 9.37 Å². The van der Waals surface area contributed by atoms with Gasteiger partial charge in [-0.3, -0.25) is 9.69 Å². The Labute approximate surface area is 166 Å². The van der Waals surface area contributed by atoms with Gasteiger partial charge in [0.05, 0.1) is 31.9 Å². The number of likely N-dealkylation sites (N-methyl/N-ethyl adjacent to an activating group) is 1. The molecule has 1 aliphatic rings. The zero-order chi connectivity index (χ0) is 19.7. The van der Waals surface area contributed by atoms with Gasteiger partial charge in [-0.05, 0) is 24.3 Å². The third kappa shape index (κ3) is 3.65. The number of quaternary nitrogens is 1. The van der Waals surface area contributed by atoms with Crippen LogP contribution in [-0.2, 0) is 4.79 Å². The molecular weight excluding hydrogens is 381 g/mol. The van der Waals surface area contributed by atoms with Crippen LogP contribution >= 0.6 is 11.3 Å². The molecule has 8 heteroatoms. The summed E-state index contributed by atoms with van der Waals surface area (Å²) in [5.41, 5.74) is 0.281. The van der Waals surface area contributed by atoms with Crippen LogP contribution in [0.5, 0.6) is 11.5 Å². The van der Waals surface area contributed by atoms with Crippen LogP contribution in [0, 0.1) is 5.82 Å². The highest BCUT2D eigenvalue weighted by atomic mass is 32.1. The van der Waals surface area contributed by atoms with E-state index >= 15 is 0 Å². The molecule has 1 atom stereocenters. The Kier molecular flexibility index (Phi) is 5.15. The van der Waals surface area contributed by atoms with Crippen molar-refractivity contribution in [1.82, 2.24) is 4.98 Å². The second kappa shape index (κ2) is 7.73. The molecule has 0 radical (unpaired) electrons. The van der Waals surface area contributed by atoms with Crippen molar-refractivity contribution < 1.29 is 23.6 Å². The minimum atomic E-state index is -0.774. The first-order chi connectivity index (χ1) is 13.5. The Balaban J connectivity index is 1.63. The topological polar surface area (TPSA) is 56.1 Å². The molecule has 0 spiro atoms. The number of para-hydroxylation sites is 3. The number of fused-ring (bicyclic) bond motifs is 2. The maximum absolute atomic E-state index is 14.1. The number of amides is 1. The molecule has 2 heterocycles. The van der Waals surface area contributed by atoms with E-state index in [0.29, 0.717) is 34.4 Å². The Bertz CT molecular complexity index is 1010. The van der Waals surface area contributed by atoms with Crippen molar-refractivity contribution in [2.24, 2.45) is 0 Å². The molecule has 0 bridgehead atoms. The average molecular weight is 402 g/mol. The molecule has 0 fully saturated rings. The molecule has 28 heavy (non-hydrogen) atoms. The van der Waals surface area contributed by atoms with Crippen LogP contribution < -0.4 is 19.3 Å². The number of carbonyl (C=O) groups excluding carboxylic acids is 1. The van der Waals surface area contributed by atoms with Crippen LogP contribution in [0.2, 0.25) is 0 Å². The van der Waals surface area contributed by atoms with E-state index in [1.54, 1.807) is 29.2 Å². The normalized spacial score (nSPS) is 15.8. The van der Waals surface area contributed by atoms with Crippen molar-refractivity contribution in [1.29, 1.82) is 0 Å². The number of nitrogens with zero attached hydrogens (tertiary/aromatic N) is 2. The zero-order valence-corrected chi connectivity index (χ0v) is 16.5. The lowest BCUT2D eigenvalue weighted by Crippen LogP contribution is -3.06. The van der Waals surface area contributed by atoms with Crippen LogP contribution in [0.15, 0.2) is 42.5 Å². The van der Waals surface area contributed by atoms with Crippen molar-refractivity contribution in [2.45, 2.75) is 6.10 Å². The summed E-state index contributed by atoms with van der Waals surface area (Å²) in [7, 11) is 4.02. The third-order valence-electron chi connectivity index (χ3n) is 4.47. The second-order valence-corrected chi connectivity index (χ2v) is 7.90. The number of carbonyl (C=O) groups is 1. The highest BCUT2D eigenvalue weighted by Crippen LogP contribution is 2.33. The summed E-state index contributed by atoms with van der Waals surface area (Å²) >= 11 is 1.30. The van der Waals surface area contributed by atoms with E-state index in [0.717, 1.165) is 0 Å². The molecule has 1 aromatic heterocycles. The summed E-state index contributed by atoms with van der Waals surface area (Å²) in [6.45, 7) is 1.29. The van der Waals surface area contributed by atoms with Gasteiger partial charge in [-0.2, -0.15) is 0 Å². The maximum atomic E-state index is 14.1. The molecule has 0 saturated carbocycles. The monoisotopic (exact) mass is 402 g/mol.